The molecule has 0 saturated heterocycles. The summed E-state index contributed by atoms with van der Waals surface area (Å²) in [5.74, 6) is -6.71. The van der Waals surface area contributed by atoms with Crippen molar-refractivity contribution in [2.45, 2.75) is 20.5 Å². The molecular formula is C14H10Cl6O4. The van der Waals surface area contributed by atoms with E-state index in [1.54, 1.807) is 0 Å². The minimum atomic E-state index is -1.76. The zero-order chi connectivity index (χ0) is 18.0. The quantitative estimate of drug-likeness (QED) is 0.486. The van der Waals surface area contributed by atoms with Crippen LogP contribution in [-0.4, -0.2) is 36.2 Å². The van der Waals surface area contributed by atoms with Crippen molar-refractivity contribution in [1.82, 2.24) is 0 Å². The van der Waals surface area contributed by atoms with Crippen LogP contribution in [0.25, 0.3) is 0 Å². The summed E-state index contributed by atoms with van der Waals surface area (Å²) in [5, 5.41) is 19.2. The van der Waals surface area contributed by atoms with Crippen molar-refractivity contribution in [2.24, 2.45) is 35.5 Å². The summed E-state index contributed by atoms with van der Waals surface area (Å²) < 4.78 is -1.76. The van der Waals surface area contributed by atoms with Gasteiger partial charge >= 0.3 is 11.9 Å². The molecule has 10 heteroatoms. The Morgan fingerprint density at radius 2 is 1.17 bits per heavy atom. The van der Waals surface area contributed by atoms with Crippen LogP contribution in [0, 0.1) is 35.5 Å². The number of carbonyl (C=O) groups is 2. The first-order chi connectivity index (χ1) is 10.9. The molecule has 0 spiro atoms. The molecule has 0 aliphatic heterocycles. The van der Waals surface area contributed by atoms with E-state index in [2.05, 4.69) is 0 Å². The van der Waals surface area contributed by atoms with Crippen LogP contribution in [0.4, 0.5) is 0 Å². The summed E-state index contributed by atoms with van der Waals surface area (Å²) in [6.07, 6.45) is 0.365. The van der Waals surface area contributed by atoms with Crippen molar-refractivity contribution in [3.05, 3.63) is 10.1 Å². The zero-order valence-electron chi connectivity index (χ0n) is 11.6. The lowest BCUT2D eigenvalue weighted by Crippen LogP contribution is -2.49. The van der Waals surface area contributed by atoms with Gasteiger partial charge in [0.15, 0.2) is 4.33 Å². The molecule has 4 aliphatic carbocycles. The fraction of sp³-hybridized carbons (Fsp3) is 0.714. The average molecular weight is 455 g/mol. The third-order valence-corrected chi connectivity index (χ3v) is 10.7. The molecule has 0 amide bonds. The molecule has 0 aromatic rings. The normalized spacial score (nSPS) is 53.6. The van der Waals surface area contributed by atoms with Gasteiger partial charge in [-0.2, -0.15) is 0 Å². The number of hydrogen-bond donors (Lipinski definition) is 2. The maximum atomic E-state index is 11.7. The summed E-state index contributed by atoms with van der Waals surface area (Å²) in [6.45, 7) is 0. The predicted octanol–water partition coefficient (Wildman–Crippen LogP) is 4.12. The third kappa shape index (κ3) is 1.51. The van der Waals surface area contributed by atoms with E-state index in [0.717, 1.165) is 0 Å². The lowest BCUT2D eigenvalue weighted by Gasteiger charge is -2.43. The van der Waals surface area contributed by atoms with Crippen LogP contribution in [-0.2, 0) is 9.59 Å². The molecule has 2 N–H and O–H groups in total. The Morgan fingerprint density at radius 1 is 0.833 bits per heavy atom. The first kappa shape index (κ1) is 17.8. The van der Waals surface area contributed by atoms with Gasteiger partial charge in [0.25, 0.3) is 0 Å². The van der Waals surface area contributed by atoms with Crippen LogP contribution in [0.15, 0.2) is 10.1 Å². The maximum absolute atomic E-state index is 11.7. The summed E-state index contributed by atoms with van der Waals surface area (Å²) in [7, 11) is 0. The van der Waals surface area contributed by atoms with Crippen molar-refractivity contribution >= 4 is 81.5 Å². The fourth-order valence-electron chi connectivity index (χ4n) is 5.74. The molecule has 0 aromatic heterocycles. The number of rotatable bonds is 2. The van der Waals surface area contributed by atoms with Crippen LogP contribution in [0.3, 0.4) is 0 Å². The molecule has 3 saturated carbocycles. The smallest absolute Gasteiger partial charge is 0.307 e. The van der Waals surface area contributed by atoms with Gasteiger partial charge in [-0.1, -0.05) is 46.4 Å². The van der Waals surface area contributed by atoms with Gasteiger partial charge in [-0.3, -0.25) is 9.59 Å². The van der Waals surface area contributed by atoms with Gasteiger partial charge in [-0.05, 0) is 30.1 Å². The van der Waals surface area contributed by atoms with Gasteiger partial charge in [-0.15, -0.1) is 23.2 Å². The zero-order valence-corrected chi connectivity index (χ0v) is 16.2. The number of allylic oxidation sites excluding steroid dienone is 2. The first-order valence-corrected chi connectivity index (χ1v) is 9.48. The number of fused-ring (bicyclic) bond motifs is 9. The Morgan fingerprint density at radius 3 is 1.46 bits per heavy atom. The number of carboxylic acid groups (broad SMARTS) is 2. The fourth-order valence-corrected chi connectivity index (χ4v) is 8.88. The number of alkyl halides is 4. The van der Waals surface area contributed by atoms with Gasteiger partial charge in [-0.25, -0.2) is 0 Å². The number of carboxylic acids is 2. The molecule has 24 heavy (non-hydrogen) atoms. The Labute approximate surface area is 167 Å². The molecule has 4 rings (SSSR count). The number of aliphatic carboxylic acids is 2. The van der Waals surface area contributed by atoms with E-state index in [1.165, 1.54) is 0 Å². The van der Waals surface area contributed by atoms with E-state index in [0.29, 0.717) is 6.42 Å². The van der Waals surface area contributed by atoms with E-state index in [4.69, 9.17) is 69.6 Å². The van der Waals surface area contributed by atoms with E-state index < -0.39 is 61.5 Å². The van der Waals surface area contributed by atoms with Crippen LogP contribution in [0.5, 0.6) is 0 Å². The Balaban J connectivity index is 1.94. The summed E-state index contributed by atoms with van der Waals surface area (Å²) in [4.78, 5) is 20.4. The van der Waals surface area contributed by atoms with Crippen molar-refractivity contribution < 1.29 is 19.8 Å². The van der Waals surface area contributed by atoms with Crippen LogP contribution in [0.1, 0.15) is 6.42 Å². The van der Waals surface area contributed by atoms with Gasteiger partial charge in [0.05, 0.1) is 21.9 Å². The van der Waals surface area contributed by atoms with Gasteiger partial charge < -0.3 is 10.2 Å². The lowest BCUT2D eigenvalue weighted by atomic mass is 9.64. The first-order valence-electron chi connectivity index (χ1n) is 7.21. The highest BCUT2D eigenvalue weighted by Crippen LogP contribution is 2.83. The maximum Gasteiger partial charge on any atom is 0.307 e. The molecule has 8 atom stereocenters. The number of halogens is 6. The van der Waals surface area contributed by atoms with E-state index >= 15 is 0 Å². The summed E-state index contributed by atoms with van der Waals surface area (Å²) in [5.41, 5.74) is 0. The molecule has 0 aromatic carbocycles. The molecule has 0 unspecified atom stereocenters. The summed E-state index contributed by atoms with van der Waals surface area (Å²) >= 11 is 39.1. The highest BCUT2D eigenvalue weighted by Gasteiger charge is 2.88. The van der Waals surface area contributed by atoms with Crippen LogP contribution < -0.4 is 0 Å². The second kappa shape index (κ2) is 4.82. The van der Waals surface area contributed by atoms with E-state index in [1.807, 2.05) is 0 Å². The van der Waals surface area contributed by atoms with Gasteiger partial charge in [0.2, 0.25) is 0 Å². The topological polar surface area (TPSA) is 74.6 Å². The molecule has 0 heterocycles. The molecule has 4 bridgehead atoms. The van der Waals surface area contributed by atoms with Gasteiger partial charge in [0.1, 0.15) is 9.75 Å². The third-order valence-electron chi connectivity index (χ3n) is 6.40. The van der Waals surface area contributed by atoms with Crippen molar-refractivity contribution in [2.75, 3.05) is 0 Å². The van der Waals surface area contributed by atoms with E-state index in [9.17, 15) is 19.8 Å². The molecule has 4 aliphatic rings. The highest BCUT2D eigenvalue weighted by atomic mass is 35.5. The van der Waals surface area contributed by atoms with Crippen LogP contribution in [0.2, 0.25) is 0 Å². The molecular weight excluding hydrogens is 445 g/mol. The molecule has 0 radical (unpaired) electrons. The van der Waals surface area contributed by atoms with Crippen LogP contribution >= 0.6 is 69.6 Å². The Hall–Kier alpha value is 0.420. The van der Waals surface area contributed by atoms with Crippen molar-refractivity contribution in [3.8, 4) is 0 Å². The standard InChI is InChI=1S/C14H10Cl6O4/c15-8-9(16)13(18)7-3-1-2(4(10(21)22)5(3)11(23)24)6(7)12(8,17)14(13,19)20/h2-7H,1H2,(H,21,22)(H,23,24)/t2-,3+,4-,5+,6-,7-,12+,13+/m0/s1. The largest absolute Gasteiger partial charge is 0.481 e. The van der Waals surface area contributed by atoms with Crippen molar-refractivity contribution in [1.29, 1.82) is 0 Å². The minimum absolute atomic E-state index is 0.0237. The second-order valence-electron chi connectivity index (χ2n) is 6.97. The van der Waals surface area contributed by atoms with Gasteiger partial charge in [0, 0.05) is 0 Å². The number of hydrogen-bond acceptors (Lipinski definition) is 2. The van der Waals surface area contributed by atoms with Crippen molar-refractivity contribution in [3.63, 3.8) is 0 Å². The average Bonchev–Trinajstić information content (AvgIpc) is 3.11. The monoisotopic (exact) mass is 452 g/mol. The van der Waals surface area contributed by atoms with E-state index in [-0.39, 0.29) is 10.1 Å². The Bertz CT molecular complexity index is 666. The molecule has 132 valence electrons. The Kier molecular flexibility index (Phi) is 3.58. The lowest BCUT2D eigenvalue weighted by molar-refractivity contribution is -0.158. The summed E-state index contributed by atoms with van der Waals surface area (Å²) in [6, 6.07) is 0. The molecule has 4 nitrogen and oxygen atoms in total. The highest BCUT2D eigenvalue weighted by molar-refractivity contribution is 6.65. The predicted molar refractivity (Wildman–Crippen MR) is 91.2 cm³/mol. The SMILES string of the molecule is O=C(O)[C@@H]1[C@H]2C[C@@H]([C@@H]1C(=O)O)[C@H]1[C@H]2[C@@]2(Cl)C(Cl)=C(Cl)[C@@]1(Cl)C2(Cl)Cl. The second-order valence-corrected chi connectivity index (χ2v) is 10.2. The molecule has 3 fully saturated rings. The minimum Gasteiger partial charge on any atom is -0.481 e.